The average Bonchev–Trinajstić information content (AvgIpc) is 2.69. The molecule has 4 heteroatoms. The fourth-order valence-corrected chi connectivity index (χ4v) is 3.68. The number of rotatable bonds is 6. The molecule has 0 spiro atoms. The number of nitrogens with one attached hydrogen (secondary N) is 1. The van der Waals surface area contributed by atoms with Crippen molar-refractivity contribution in [1.82, 2.24) is 10.2 Å². The highest BCUT2D eigenvalue weighted by Crippen LogP contribution is 2.30. The molecule has 4 nitrogen and oxygen atoms in total. The van der Waals surface area contributed by atoms with Gasteiger partial charge < -0.3 is 15.0 Å². The van der Waals surface area contributed by atoms with Crippen LogP contribution < -0.4 is 5.32 Å². The lowest BCUT2D eigenvalue weighted by atomic mass is 9.97. The van der Waals surface area contributed by atoms with E-state index in [4.69, 9.17) is 4.74 Å². The van der Waals surface area contributed by atoms with Gasteiger partial charge in [-0.3, -0.25) is 4.79 Å². The number of hydrogen-bond acceptors (Lipinski definition) is 3. The first kappa shape index (κ1) is 14.8. The van der Waals surface area contributed by atoms with E-state index in [1.54, 1.807) is 7.11 Å². The smallest absolute Gasteiger partial charge is 0.223 e. The Morgan fingerprint density at radius 3 is 2.53 bits per heavy atom. The summed E-state index contributed by atoms with van der Waals surface area (Å²) < 4.78 is 5.13. The van der Waals surface area contributed by atoms with Crippen molar-refractivity contribution in [3.8, 4) is 0 Å². The van der Waals surface area contributed by atoms with Gasteiger partial charge in [-0.05, 0) is 38.5 Å². The molecule has 0 saturated carbocycles. The van der Waals surface area contributed by atoms with Crippen molar-refractivity contribution in [2.24, 2.45) is 5.92 Å². The highest BCUT2D eigenvalue weighted by Gasteiger charge is 2.37. The Labute approximate surface area is 116 Å². The van der Waals surface area contributed by atoms with Crippen LogP contribution in [0.3, 0.4) is 0 Å². The molecule has 2 rings (SSSR count). The van der Waals surface area contributed by atoms with Crippen LogP contribution in [0.15, 0.2) is 0 Å². The summed E-state index contributed by atoms with van der Waals surface area (Å²) in [4.78, 5) is 14.6. The SMILES string of the molecule is CCN(C(=O)CC(C)COC)C1CC2CCC(C1)N2. The first-order chi connectivity index (χ1) is 9.13. The van der Waals surface area contributed by atoms with Gasteiger partial charge in [0.15, 0.2) is 0 Å². The van der Waals surface area contributed by atoms with E-state index < -0.39 is 0 Å². The molecule has 3 atom stereocenters. The molecule has 0 aromatic carbocycles. The van der Waals surface area contributed by atoms with Crippen molar-refractivity contribution in [2.45, 2.75) is 64.1 Å². The van der Waals surface area contributed by atoms with Crippen LogP contribution in [0.1, 0.15) is 46.0 Å². The molecule has 2 bridgehead atoms. The van der Waals surface area contributed by atoms with Crippen LogP contribution in [0.4, 0.5) is 0 Å². The zero-order valence-corrected chi connectivity index (χ0v) is 12.5. The summed E-state index contributed by atoms with van der Waals surface area (Å²) in [5.41, 5.74) is 0. The summed E-state index contributed by atoms with van der Waals surface area (Å²) in [5.74, 6) is 0.614. The number of nitrogens with zero attached hydrogens (tertiary/aromatic N) is 1. The molecule has 19 heavy (non-hydrogen) atoms. The zero-order chi connectivity index (χ0) is 13.8. The number of piperidine rings is 1. The summed E-state index contributed by atoms with van der Waals surface area (Å²) in [7, 11) is 1.70. The molecule has 0 aromatic heterocycles. The monoisotopic (exact) mass is 268 g/mol. The summed E-state index contributed by atoms with van der Waals surface area (Å²) in [6.07, 6.45) is 5.45. The number of hydrogen-bond donors (Lipinski definition) is 1. The van der Waals surface area contributed by atoms with E-state index in [0.717, 1.165) is 19.4 Å². The second-order valence-electron chi connectivity index (χ2n) is 6.21. The van der Waals surface area contributed by atoms with Gasteiger partial charge in [0.2, 0.25) is 5.91 Å². The van der Waals surface area contributed by atoms with Gasteiger partial charge in [-0.2, -0.15) is 0 Å². The van der Waals surface area contributed by atoms with E-state index in [2.05, 4.69) is 24.1 Å². The third-order valence-electron chi connectivity index (χ3n) is 4.52. The number of carbonyl (C=O) groups is 1. The third-order valence-corrected chi connectivity index (χ3v) is 4.52. The van der Waals surface area contributed by atoms with Gasteiger partial charge in [0.05, 0.1) is 0 Å². The summed E-state index contributed by atoms with van der Waals surface area (Å²) in [6, 6.07) is 1.73. The molecule has 0 radical (unpaired) electrons. The van der Waals surface area contributed by atoms with E-state index in [1.807, 2.05) is 0 Å². The highest BCUT2D eigenvalue weighted by molar-refractivity contribution is 5.76. The molecule has 110 valence electrons. The van der Waals surface area contributed by atoms with Crippen LogP contribution >= 0.6 is 0 Å². The maximum atomic E-state index is 12.4. The third kappa shape index (κ3) is 3.69. The van der Waals surface area contributed by atoms with Crippen molar-refractivity contribution >= 4 is 5.91 Å². The Bertz CT molecular complexity index is 297. The topological polar surface area (TPSA) is 41.6 Å². The molecular formula is C15H28N2O2. The Hall–Kier alpha value is -0.610. The van der Waals surface area contributed by atoms with Gasteiger partial charge in [-0.25, -0.2) is 0 Å². The van der Waals surface area contributed by atoms with Crippen LogP contribution in [0, 0.1) is 5.92 Å². The van der Waals surface area contributed by atoms with Gasteiger partial charge in [0.1, 0.15) is 0 Å². The highest BCUT2D eigenvalue weighted by atomic mass is 16.5. The average molecular weight is 268 g/mol. The van der Waals surface area contributed by atoms with Crippen molar-refractivity contribution in [2.75, 3.05) is 20.3 Å². The largest absolute Gasteiger partial charge is 0.384 e. The number of methoxy groups -OCH3 is 1. The predicted molar refractivity (Wildman–Crippen MR) is 76.0 cm³/mol. The Morgan fingerprint density at radius 1 is 1.37 bits per heavy atom. The van der Waals surface area contributed by atoms with Gasteiger partial charge in [0, 0.05) is 44.8 Å². The van der Waals surface area contributed by atoms with Crippen molar-refractivity contribution < 1.29 is 9.53 Å². The van der Waals surface area contributed by atoms with E-state index >= 15 is 0 Å². The lowest BCUT2D eigenvalue weighted by Crippen LogP contribution is -2.50. The van der Waals surface area contributed by atoms with Crippen LogP contribution in [0.5, 0.6) is 0 Å². The number of fused-ring (bicyclic) bond motifs is 2. The molecule has 1 N–H and O–H groups in total. The van der Waals surface area contributed by atoms with Gasteiger partial charge in [-0.1, -0.05) is 6.92 Å². The lowest BCUT2D eigenvalue weighted by molar-refractivity contribution is -0.135. The zero-order valence-electron chi connectivity index (χ0n) is 12.5. The summed E-state index contributed by atoms with van der Waals surface area (Å²) >= 11 is 0. The molecular weight excluding hydrogens is 240 g/mol. The number of ether oxygens (including phenoxy) is 1. The van der Waals surface area contributed by atoms with Crippen LogP contribution in [-0.2, 0) is 9.53 Å². The van der Waals surface area contributed by atoms with Crippen molar-refractivity contribution in [3.63, 3.8) is 0 Å². The fraction of sp³-hybridized carbons (Fsp3) is 0.933. The summed E-state index contributed by atoms with van der Waals surface area (Å²) in [6.45, 7) is 5.69. The Kier molecular flexibility index (Phi) is 5.22. The molecule has 2 aliphatic heterocycles. The van der Waals surface area contributed by atoms with Gasteiger partial charge in [-0.15, -0.1) is 0 Å². The van der Waals surface area contributed by atoms with Crippen LogP contribution in [0.25, 0.3) is 0 Å². The molecule has 0 aromatic rings. The molecule has 2 aliphatic rings. The fourth-order valence-electron chi connectivity index (χ4n) is 3.68. The minimum Gasteiger partial charge on any atom is -0.384 e. The van der Waals surface area contributed by atoms with E-state index in [1.165, 1.54) is 12.8 Å². The van der Waals surface area contributed by atoms with Gasteiger partial charge in [0.25, 0.3) is 0 Å². The van der Waals surface area contributed by atoms with E-state index in [9.17, 15) is 4.79 Å². The minimum absolute atomic E-state index is 0.304. The maximum absolute atomic E-state index is 12.4. The van der Waals surface area contributed by atoms with Crippen LogP contribution in [0.2, 0.25) is 0 Å². The molecule has 1 amide bonds. The normalized spacial score (nSPS) is 31.2. The van der Waals surface area contributed by atoms with Gasteiger partial charge >= 0.3 is 0 Å². The molecule has 2 fully saturated rings. The standard InChI is InChI=1S/C15H28N2O2/c1-4-17(15(18)7-11(2)10-19-3)14-8-12-5-6-13(9-14)16-12/h11-14,16H,4-10H2,1-3H3. The van der Waals surface area contributed by atoms with Crippen molar-refractivity contribution in [3.05, 3.63) is 0 Å². The first-order valence-corrected chi connectivity index (χ1v) is 7.68. The van der Waals surface area contributed by atoms with E-state index in [0.29, 0.717) is 43.0 Å². The quantitative estimate of drug-likeness (QED) is 0.798. The van der Waals surface area contributed by atoms with Crippen LogP contribution in [-0.4, -0.2) is 49.2 Å². The van der Waals surface area contributed by atoms with Crippen molar-refractivity contribution in [1.29, 1.82) is 0 Å². The second-order valence-corrected chi connectivity index (χ2v) is 6.21. The molecule has 2 heterocycles. The molecule has 2 saturated heterocycles. The Balaban J connectivity index is 1.90. The number of carbonyl (C=O) groups excluding carboxylic acids is 1. The van der Waals surface area contributed by atoms with E-state index in [-0.39, 0.29) is 0 Å². The lowest BCUT2D eigenvalue weighted by Gasteiger charge is -2.37. The first-order valence-electron chi connectivity index (χ1n) is 7.68. The minimum atomic E-state index is 0.304. The maximum Gasteiger partial charge on any atom is 0.223 e. The second kappa shape index (κ2) is 6.71. The number of amides is 1. The Morgan fingerprint density at radius 2 is 2.00 bits per heavy atom. The molecule has 0 aliphatic carbocycles. The predicted octanol–water partition coefficient (Wildman–Crippen LogP) is 1.79. The molecule has 3 unspecified atom stereocenters. The summed E-state index contributed by atoms with van der Waals surface area (Å²) in [5, 5.41) is 3.64.